The predicted molar refractivity (Wildman–Crippen MR) is 140 cm³/mol. The molecule has 180 valence electrons. The summed E-state index contributed by atoms with van der Waals surface area (Å²) in [7, 11) is 0. The number of piperidine rings is 1. The van der Waals surface area contributed by atoms with Gasteiger partial charge in [0.25, 0.3) is 5.91 Å². The Morgan fingerprint density at radius 3 is 2.54 bits per heavy atom. The van der Waals surface area contributed by atoms with Crippen LogP contribution >= 0.6 is 11.8 Å². The molecular weight excluding hydrogens is 460 g/mol. The van der Waals surface area contributed by atoms with Crippen molar-refractivity contribution in [3.05, 3.63) is 58.4 Å². The number of aryl methyl sites for hydroxylation is 2. The van der Waals surface area contributed by atoms with E-state index in [1.54, 1.807) is 6.08 Å². The molecule has 9 heteroatoms. The monoisotopic (exact) mass is 488 g/mol. The van der Waals surface area contributed by atoms with Crippen molar-refractivity contribution in [2.75, 3.05) is 13.1 Å². The second kappa shape index (κ2) is 9.30. The third kappa shape index (κ3) is 4.48. The zero-order valence-electron chi connectivity index (χ0n) is 20.2. The van der Waals surface area contributed by atoms with Crippen LogP contribution in [0.1, 0.15) is 48.2 Å². The smallest absolute Gasteiger partial charge is 0.283 e. The van der Waals surface area contributed by atoms with Gasteiger partial charge in [-0.25, -0.2) is 0 Å². The van der Waals surface area contributed by atoms with Gasteiger partial charge in [-0.05, 0) is 81.6 Å². The van der Waals surface area contributed by atoms with E-state index in [1.165, 1.54) is 22.3 Å². The van der Waals surface area contributed by atoms with Crippen LogP contribution in [0.5, 0.6) is 0 Å². The number of aromatic nitrogens is 1. The van der Waals surface area contributed by atoms with E-state index in [2.05, 4.69) is 45.9 Å². The van der Waals surface area contributed by atoms with E-state index in [0.29, 0.717) is 10.2 Å². The minimum atomic E-state index is -0.465. The quantitative estimate of drug-likeness (QED) is 0.645. The number of amides is 2. The van der Waals surface area contributed by atoms with Crippen LogP contribution in [0.4, 0.5) is 0 Å². The van der Waals surface area contributed by atoms with E-state index < -0.39 is 5.91 Å². The zero-order valence-corrected chi connectivity index (χ0v) is 21.0. The van der Waals surface area contributed by atoms with Gasteiger partial charge in [0, 0.05) is 30.2 Å². The molecule has 0 spiro atoms. The van der Waals surface area contributed by atoms with Crippen LogP contribution in [0, 0.1) is 26.2 Å². The molecule has 1 N–H and O–H groups in total. The van der Waals surface area contributed by atoms with Crippen LogP contribution in [-0.4, -0.2) is 55.4 Å². The molecule has 3 aliphatic rings. The number of aliphatic imine (C=N–C) groups is 1. The topological polar surface area (TPSA) is 94.1 Å². The van der Waals surface area contributed by atoms with Crippen LogP contribution in [0.25, 0.3) is 11.8 Å². The van der Waals surface area contributed by atoms with Crippen LogP contribution < -0.4 is 0 Å². The van der Waals surface area contributed by atoms with Gasteiger partial charge in [-0.2, -0.15) is 15.1 Å². The summed E-state index contributed by atoms with van der Waals surface area (Å²) >= 11 is 1.20. The number of rotatable bonds is 4. The molecule has 8 nitrogen and oxygen atoms in total. The number of likely N-dealkylation sites (tertiary alicyclic amines) is 1. The Morgan fingerprint density at radius 1 is 1.11 bits per heavy atom. The fourth-order valence-corrected chi connectivity index (χ4v) is 5.54. The van der Waals surface area contributed by atoms with E-state index >= 15 is 0 Å². The van der Waals surface area contributed by atoms with Crippen molar-refractivity contribution in [1.29, 1.82) is 5.41 Å². The van der Waals surface area contributed by atoms with Gasteiger partial charge in [0.05, 0.1) is 12.0 Å². The number of benzene rings is 1. The third-order valence-electron chi connectivity index (χ3n) is 6.57. The molecule has 0 unspecified atom stereocenters. The summed E-state index contributed by atoms with van der Waals surface area (Å²) in [4.78, 5) is 31.6. The number of fused-ring (bicyclic) bond motifs is 1. The van der Waals surface area contributed by atoms with Gasteiger partial charge in [0.15, 0.2) is 5.84 Å². The van der Waals surface area contributed by atoms with E-state index in [1.807, 2.05) is 24.8 Å². The van der Waals surface area contributed by atoms with Crippen molar-refractivity contribution in [2.45, 2.75) is 46.5 Å². The highest BCUT2D eigenvalue weighted by molar-refractivity contribution is 8.27. The highest BCUT2D eigenvalue weighted by Gasteiger charge is 2.36. The lowest BCUT2D eigenvalue weighted by molar-refractivity contribution is -0.130. The maximum atomic E-state index is 12.9. The number of amidine groups is 2. The second-order valence-electron chi connectivity index (χ2n) is 9.13. The van der Waals surface area contributed by atoms with Crippen LogP contribution in [0.15, 0.2) is 46.0 Å². The Bertz CT molecular complexity index is 1310. The van der Waals surface area contributed by atoms with E-state index in [0.717, 1.165) is 55.0 Å². The lowest BCUT2D eigenvalue weighted by Gasteiger charge is -2.26. The van der Waals surface area contributed by atoms with Crippen molar-refractivity contribution >= 4 is 45.7 Å². The molecule has 2 aromatic rings. The van der Waals surface area contributed by atoms with Gasteiger partial charge in [0.1, 0.15) is 5.04 Å². The Kier molecular flexibility index (Phi) is 6.19. The summed E-state index contributed by atoms with van der Waals surface area (Å²) in [6, 6.07) is 10.3. The molecular formula is C26H28N6O2S. The second-order valence-corrected chi connectivity index (χ2v) is 10.2. The molecule has 1 saturated heterocycles. The van der Waals surface area contributed by atoms with E-state index in [-0.39, 0.29) is 23.7 Å². The Labute approximate surface area is 208 Å². The third-order valence-corrected chi connectivity index (χ3v) is 7.48. The number of nitrogens with zero attached hydrogens (tertiary/aromatic N) is 5. The standard InChI is InChI=1S/C26H28N6O2S/c1-16-7-9-20(10-8-16)31-17(2)13-19(18(31)3)14-21-24(27)32-26(28-25(21)34)35-22(29-32)15-23(33)30-11-5-4-6-12-30/h7-10,13-14,27H,4-6,11-12,15H2,1-3H3/b21-14+,27-24?. The molecule has 1 aromatic carbocycles. The largest absolute Gasteiger partial charge is 0.342 e. The molecule has 0 atom stereocenters. The SMILES string of the molecule is Cc1ccc(-n2c(C)cc(/C=C3\C(=N)N4N=C(CC(=O)N5CCCCC5)SC4=NC3=O)c2C)cc1. The minimum absolute atomic E-state index is 0.0203. The number of nitrogens with one attached hydrogen (secondary N) is 1. The highest BCUT2D eigenvalue weighted by Crippen LogP contribution is 2.31. The summed E-state index contributed by atoms with van der Waals surface area (Å²) in [5.74, 6) is -0.450. The maximum Gasteiger partial charge on any atom is 0.283 e. The number of hydrogen-bond acceptors (Lipinski definition) is 5. The molecule has 1 fully saturated rings. The first-order valence-corrected chi connectivity index (χ1v) is 12.7. The van der Waals surface area contributed by atoms with Crippen molar-refractivity contribution in [3.63, 3.8) is 0 Å². The van der Waals surface area contributed by atoms with Crippen molar-refractivity contribution in [2.24, 2.45) is 10.1 Å². The molecule has 1 aromatic heterocycles. The van der Waals surface area contributed by atoms with Crippen LogP contribution in [0.2, 0.25) is 0 Å². The Balaban J connectivity index is 1.39. The average molecular weight is 489 g/mol. The van der Waals surface area contributed by atoms with E-state index in [9.17, 15) is 9.59 Å². The van der Waals surface area contributed by atoms with Gasteiger partial charge in [0.2, 0.25) is 11.1 Å². The van der Waals surface area contributed by atoms with Crippen molar-refractivity contribution in [3.8, 4) is 5.69 Å². The molecule has 4 heterocycles. The Morgan fingerprint density at radius 2 is 1.83 bits per heavy atom. The first-order chi connectivity index (χ1) is 16.8. The summed E-state index contributed by atoms with van der Waals surface area (Å²) in [5, 5.41) is 15.4. The fraction of sp³-hybridized carbons (Fsp3) is 0.346. The fourth-order valence-electron chi connectivity index (χ4n) is 4.67. The van der Waals surface area contributed by atoms with Gasteiger partial charge < -0.3 is 9.47 Å². The summed E-state index contributed by atoms with van der Waals surface area (Å²) in [6.45, 7) is 7.64. The predicted octanol–water partition coefficient (Wildman–Crippen LogP) is 4.42. The molecule has 35 heavy (non-hydrogen) atoms. The summed E-state index contributed by atoms with van der Waals surface area (Å²) < 4.78 is 2.13. The summed E-state index contributed by atoms with van der Waals surface area (Å²) in [5.41, 5.74) is 5.28. The maximum absolute atomic E-state index is 12.9. The molecule has 3 aliphatic heterocycles. The first kappa shape index (κ1) is 23.3. The number of carbonyl (C=O) groups excluding carboxylic acids is 2. The van der Waals surface area contributed by atoms with Crippen LogP contribution in [0.3, 0.4) is 0 Å². The summed E-state index contributed by atoms with van der Waals surface area (Å²) in [6.07, 6.45) is 5.10. The molecule has 5 rings (SSSR count). The molecule has 0 bridgehead atoms. The number of hydrazone groups is 1. The average Bonchev–Trinajstić information content (AvgIpc) is 3.37. The lowest BCUT2D eigenvalue weighted by atomic mass is 10.1. The Hall–Kier alpha value is -3.46. The van der Waals surface area contributed by atoms with Crippen LogP contribution in [-0.2, 0) is 9.59 Å². The number of thioether (sulfide) groups is 1. The molecule has 0 aliphatic carbocycles. The van der Waals surface area contributed by atoms with Gasteiger partial charge in [-0.15, -0.1) is 0 Å². The highest BCUT2D eigenvalue weighted by atomic mass is 32.2. The van der Waals surface area contributed by atoms with Gasteiger partial charge >= 0.3 is 0 Å². The first-order valence-electron chi connectivity index (χ1n) is 11.8. The van der Waals surface area contributed by atoms with E-state index in [4.69, 9.17) is 5.41 Å². The number of carbonyl (C=O) groups is 2. The normalized spacial score (nSPS) is 19.2. The number of hydrogen-bond donors (Lipinski definition) is 1. The zero-order chi connectivity index (χ0) is 24.7. The van der Waals surface area contributed by atoms with Crippen molar-refractivity contribution < 1.29 is 9.59 Å². The molecule has 0 saturated carbocycles. The molecule has 2 amide bonds. The minimum Gasteiger partial charge on any atom is -0.342 e. The van der Waals surface area contributed by atoms with Gasteiger partial charge in [-0.3, -0.25) is 15.0 Å². The lowest BCUT2D eigenvalue weighted by Crippen LogP contribution is -2.36. The van der Waals surface area contributed by atoms with Gasteiger partial charge in [-0.1, -0.05) is 17.7 Å². The molecule has 0 radical (unpaired) electrons. The van der Waals surface area contributed by atoms with Crippen molar-refractivity contribution in [1.82, 2.24) is 14.5 Å².